The molecule has 2 unspecified atom stereocenters. The van der Waals surface area contributed by atoms with Gasteiger partial charge in [-0.15, -0.1) is 0 Å². The summed E-state index contributed by atoms with van der Waals surface area (Å²) in [4.78, 5) is 27.7. The Kier molecular flexibility index (Phi) is 12.5. The van der Waals surface area contributed by atoms with Crippen molar-refractivity contribution in [3.63, 3.8) is 0 Å². The molecule has 2 atom stereocenters. The number of halogens is 2. The first-order valence-corrected chi connectivity index (χ1v) is 36.3. The molecule has 0 radical (unpaired) electrons. The van der Waals surface area contributed by atoms with Crippen LogP contribution in [-0.4, -0.2) is 16.4 Å². The van der Waals surface area contributed by atoms with E-state index in [1.54, 1.807) is 0 Å². The van der Waals surface area contributed by atoms with E-state index in [1.807, 2.05) is 13.8 Å². The molecule has 0 bridgehead atoms. The van der Waals surface area contributed by atoms with E-state index in [0.717, 1.165) is 44.5 Å². The number of rotatable bonds is 11. The van der Waals surface area contributed by atoms with Gasteiger partial charge in [-0.2, -0.15) is 0 Å². The molecule has 0 saturated carbocycles. The normalized spacial score (nSPS) is 17.3. The maximum atomic E-state index is 13.9. The summed E-state index contributed by atoms with van der Waals surface area (Å²) in [6, 6.07) is 30.4. The van der Waals surface area contributed by atoms with Gasteiger partial charge >= 0.3 is 359 Å². The van der Waals surface area contributed by atoms with Gasteiger partial charge in [-0.3, -0.25) is 0 Å². The Morgan fingerprint density at radius 1 is 0.586 bits per heavy atom. The van der Waals surface area contributed by atoms with E-state index >= 15 is 0 Å². The molecule has 2 aliphatic carbocycles. The number of hydrogen-bond donors (Lipinski definition) is 2. The molecule has 4 aromatic rings. The van der Waals surface area contributed by atoms with E-state index in [4.69, 9.17) is 17.2 Å². The van der Waals surface area contributed by atoms with Crippen molar-refractivity contribution in [2.45, 2.75) is 115 Å². The van der Waals surface area contributed by atoms with Crippen molar-refractivity contribution in [2.24, 2.45) is 10.8 Å². The molecule has 2 amide bonds. The summed E-state index contributed by atoms with van der Waals surface area (Å²) in [5.41, 5.74) is 13.0. The van der Waals surface area contributed by atoms with Crippen LogP contribution in [0.15, 0.2) is 96.1 Å². The van der Waals surface area contributed by atoms with Crippen LogP contribution >= 0.6 is 17.2 Å². The Balaban J connectivity index is 1.77. The third kappa shape index (κ3) is 7.80. The quantitative estimate of drug-likeness (QED) is 0.147. The van der Waals surface area contributed by atoms with Crippen LogP contribution in [0.25, 0.3) is 34.4 Å². The fourth-order valence-corrected chi connectivity index (χ4v) is 39.9. The van der Waals surface area contributed by atoms with Gasteiger partial charge in [-0.05, 0) is 0 Å². The van der Waals surface area contributed by atoms with Crippen molar-refractivity contribution in [1.29, 1.82) is 0 Å². The van der Waals surface area contributed by atoms with Gasteiger partial charge in [0.15, 0.2) is 0 Å². The Labute approximate surface area is 356 Å². The molecule has 0 aliphatic heterocycles. The number of carbonyl (C=O) groups is 2. The van der Waals surface area contributed by atoms with Gasteiger partial charge in [0.05, 0.1) is 0 Å². The van der Waals surface area contributed by atoms with Crippen LogP contribution < -0.4 is 10.5 Å². The summed E-state index contributed by atoms with van der Waals surface area (Å²) in [6.07, 6.45) is 5.13. The van der Waals surface area contributed by atoms with Crippen molar-refractivity contribution in [3.8, 4) is 22.3 Å². The van der Waals surface area contributed by atoms with Crippen LogP contribution in [0, 0.1) is 10.8 Å². The van der Waals surface area contributed by atoms with Crippen LogP contribution in [0.1, 0.15) is 148 Å². The molecule has 0 fully saturated rings. The summed E-state index contributed by atoms with van der Waals surface area (Å²) >= 11 is -6.35. The van der Waals surface area contributed by atoms with Crippen LogP contribution in [0.5, 0.6) is 0 Å². The average molecular weight is 983 g/mol. The van der Waals surface area contributed by atoms with Gasteiger partial charge in [-0.1, -0.05) is 0 Å². The van der Waals surface area contributed by atoms with Crippen LogP contribution in [-0.2, 0) is 25.5 Å². The van der Waals surface area contributed by atoms with E-state index in [-0.39, 0.29) is 35.5 Å². The fraction of sp³-hybridized carbons (Fsp3) is 0.400. The van der Waals surface area contributed by atoms with Crippen LogP contribution in [0.4, 0.5) is 0 Å². The summed E-state index contributed by atoms with van der Waals surface area (Å²) in [6.45, 7) is 26.0. The molecule has 8 heteroatoms. The minimum absolute atomic E-state index is 0.205. The van der Waals surface area contributed by atoms with Crippen molar-refractivity contribution >= 4 is 45.7 Å². The second-order valence-corrected chi connectivity index (χ2v) is 49.6. The molecule has 6 rings (SSSR count). The molecule has 305 valence electrons. The monoisotopic (exact) mass is 983 g/mol. The Bertz CT molecular complexity index is 2160. The summed E-state index contributed by atoms with van der Waals surface area (Å²) in [7, 11) is 18.1. The Morgan fingerprint density at radius 2 is 0.931 bits per heavy atom. The topological polar surface area (TPSA) is 58.2 Å². The molecule has 0 spiro atoms. The molecular weight excluding hydrogens is 921 g/mol. The molecule has 2 N–H and O–H groups in total. The Hall–Kier alpha value is -3.18. The number of nitrogens with one attached hydrogen (secondary N) is 2. The Morgan fingerprint density at radius 3 is 1.26 bits per heavy atom. The van der Waals surface area contributed by atoms with Crippen molar-refractivity contribution in [1.82, 2.24) is 10.5 Å². The van der Waals surface area contributed by atoms with Gasteiger partial charge < -0.3 is 0 Å². The van der Waals surface area contributed by atoms with Gasteiger partial charge in [0, 0.05) is 0 Å². The van der Waals surface area contributed by atoms with Gasteiger partial charge in [0.1, 0.15) is 0 Å². The fourth-order valence-electron chi connectivity index (χ4n) is 9.59. The summed E-state index contributed by atoms with van der Waals surface area (Å²) in [5, 5.41) is 6.64. The van der Waals surface area contributed by atoms with E-state index in [2.05, 4.69) is 177 Å². The molecule has 2 aliphatic rings. The standard InChI is InChI=1S/2C22H25.C6H11BN2O2.2ClH.Hf/c2*1-15(2)18-10-6-7-11-19(18)20-12-8-9-16-13-17(14-21(16)20)22(3,4)5;1-3-5(10)8-7-9-6(11)4-2;;;/h2*6-15H,1-5H3;3-4H2,1-2H3,(H-,8,9,10,11);2*1H;/q;;;;;+1/p-1. The first-order chi connectivity index (χ1) is 27.1. The number of benzene rings is 4. The van der Waals surface area contributed by atoms with Crippen LogP contribution in [0.3, 0.4) is 0 Å². The second-order valence-electron chi connectivity index (χ2n) is 19.2. The van der Waals surface area contributed by atoms with E-state index in [9.17, 15) is 9.59 Å². The first-order valence-electron chi connectivity index (χ1n) is 21.2. The SMILES string of the molecule is CCC(=O)N[B](NC(=O)CC)[Hf]([Cl])([Cl])([CH]1C(C(C)(C)C)=Cc2c(-c3ccccc3C(C)C)cccc21)[CH]1C(C(C)(C)C)=Cc2c(-c3ccccc3C(C)C)cccc21. The molecule has 0 aromatic heterocycles. The molecular formula is C50H62BCl2HfN2O2. The second kappa shape index (κ2) is 16.4. The first kappa shape index (κ1) is 44.4. The number of allylic oxidation sites excluding steroid dienone is 2. The predicted octanol–water partition coefficient (Wildman–Crippen LogP) is 14.0. The van der Waals surface area contributed by atoms with E-state index in [1.165, 1.54) is 22.3 Å². The van der Waals surface area contributed by atoms with Crippen molar-refractivity contribution in [3.05, 3.63) is 129 Å². The molecule has 58 heavy (non-hydrogen) atoms. The number of fused-ring (bicyclic) bond motifs is 2. The minimum atomic E-state index is -6.35. The van der Waals surface area contributed by atoms with Crippen molar-refractivity contribution < 1.29 is 25.5 Å². The number of amides is 2. The zero-order chi connectivity index (χ0) is 42.6. The van der Waals surface area contributed by atoms with Crippen LogP contribution in [0.2, 0.25) is 0 Å². The van der Waals surface area contributed by atoms with Gasteiger partial charge in [0.2, 0.25) is 0 Å². The van der Waals surface area contributed by atoms with Crippen molar-refractivity contribution in [2.75, 3.05) is 0 Å². The zero-order valence-electron chi connectivity index (χ0n) is 36.6. The third-order valence-electron chi connectivity index (χ3n) is 12.5. The van der Waals surface area contributed by atoms with E-state index < -0.39 is 27.8 Å². The number of hydrogen-bond acceptors (Lipinski definition) is 2. The van der Waals surface area contributed by atoms with E-state index in [0.29, 0.717) is 11.8 Å². The average Bonchev–Trinajstić information content (AvgIpc) is 3.79. The zero-order valence-corrected chi connectivity index (χ0v) is 41.7. The third-order valence-corrected chi connectivity index (χ3v) is 40.6. The summed E-state index contributed by atoms with van der Waals surface area (Å²) < 4.78 is -1.91. The predicted molar refractivity (Wildman–Crippen MR) is 247 cm³/mol. The summed E-state index contributed by atoms with van der Waals surface area (Å²) in [5.74, 6) is 0.209. The molecule has 4 nitrogen and oxygen atoms in total. The number of carbonyl (C=O) groups excluding carboxylic acids is 2. The maximum absolute atomic E-state index is 13.9. The molecule has 4 aromatic carbocycles. The molecule has 0 heterocycles. The van der Waals surface area contributed by atoms with Gasteiger partial charge in [-0.25, -0.2) is 0 Å². The van der Waals surface area contributed by atoms with Gasteiger partial charge in [0.25, 0.3) is 0 Å². The molecule has 0 saturated heterocycles.